The van der Waals surface area contributed by atoms with Crippen molar-refractivity contribution in [2.45, 2.75) is 39.0 Å². The molecule has 1 unspecified atom stereocenters. The summed E-state index contributed by atoms with van der Waals surface area (Å²) in [6, 6.07) is 23.8. The number of hydrogen-bond acceptors (Lipinski definition) is 4. The Hall–Kier alpha value is -3.99. The highest BCUT2D eigenvalue weighted by atomic mass is 16.5. The van der Waals surface area contributed by atoms with Crippen LogP contribution in [0.3, 0.4) is 0 Å². The Bertz CT molecular complexity index is 1410. The van der Waals surface area contributed by atoms with Gasteiger partial charge >= 0.3 is 5.97 Å². The minimum Gasteiger partial charge on any atom is -0.452 e. The number of aryl methyl sites for hydroxylation is 2. The van der Waals surface area contributed by atoms with Crippen LogP contribution in [0.1, 0.15) is 50.6 Å². The Kier molecular flexibility index (Phi) is 6.32. The van der Waals surface area contributed by atoms with Crippen molar-refractivity contribution < 1.29 is 14.3 Å². The maximum Gasteiger partial charge on any atom is 0.339 e. The molecule has 1 aromatic heterocycles. The van der Waals surface area contributed by atoms with Crippen LogP contribution in [0.25, 0.3) is 10.9 Å². The van der Waals surface area contributed by atoms with E-state index in [2.05, 4.69) is 17.4 Å². The second-order valence-electron chi connectivity index (χ2n) is 9.15. The average molecular weight is 465 g/mol. The molecule has 0 bridgehead atoms. The fraction of sp³-hybridized carbons (Fsp3) is 0.233. The number of nitrogens with zero attached hydrogens (tertiary/aromatic N) is 1. The quantitative estimate of drug-likeness (QED) is 0.372. The van der Waals surface area contributed by atoms with E-state index in [4.69, 9.17) is 9.72 Å². The van der Waals surface area contributed by atoms with Gasteiger partial charge in [0.1, 0.15) is 0 Å². The van der Waals surface area contributed by atoms with Crippen LogP contribution in [0.5, 0.6) is 0 Å². The van der Waals surface area contributed by atoms with Crippen LogP contribution in [-0.4, -0.2) is 23.5 Å². The molecule has 1 N–H and O–H groups in total. The predicted octanol–water partition coefficient (Wildman–Crippen LogP) is 5.92. The summed E-state index contributed by atoms with van der Waals surface area (Å²) in [6.45, 7) is 3.60. The number of para-hydroxylation sites is 1. The molecule has 1 heterocycles. The fourth-order valence-electron chi connectivity index (χ4n) is 4.91. The highest BCUT2D eigenvalue weighted by Crippen LogP contribution is 2.36. The number of ether oxygens (including phenoxy) is 1. The Morgan fingerprint density at radius 2 is 1.74 bits per heavy atom. The van der Waals surface area contributed by atoms with Crippen molar-refractivity contribution in [1.29, 1.82) is 0 Å². The van der Waals surface area contributed by atoms with Gasteiger partial charge in [-0.05, 0) is 73.4 Å². The molecule has 1 aliphatic carbocycles. The summed E-state index contributed by atoms with van der Waals surface area (Å²) in [5.74, 6) is -0.531. The monoisotopic (exact) mass is 464 g/mol. The SMILES string of the molecule is Cc1cccc(NC(=O)COC(=O)c2c3c(nc4ccccc24)CCC(c2ccccc2)C3)c1C. The van der Waals surface area contributed by atoms with Crippen LogP contribution in [0.15, 0.2) is 72.8 Å². The zero-order valence-electron chi connectivity index (χ0n) is 20.0. The van der Waals surface area contributed by atoms with Crippen LogP contribution in [0, 0.1) is 13.8 Å². The molecule has 4 aromatic rings. The molecular weight excluding hydrogens is 436 g/mol. The Labute approximate surface area is 205 Å². The normalized spacial score (nSPS) is 14.9. The van der Waals surface area contributed by atoms with Gasteiger partial charge in [0.05, 0.1) is 11.1 Å². The van der Waals surface area contributed by atoms with E-state index < -0.39 is 5.97 Å². The van der Waals surface area contributed by atoms with Gasteiger partial charge in [0.2, 0.25) is 0 Å². The van der Waals surface area contributed by atoms with Crippen molar-refractivity contribution in [3.63, 3.8) is 0 Å². The van der Waals surface area contributed by atoms with Crippen LogP contribution >= 0.6 is 0 Å². The number of pyridine rings is 1. The molecule has 35 heavy (non-hydrogen) atoms. The van der Waals surface area contributed by atoms with Gasteiger partial charge in [-0.15, -0.1) is 0 Å². The van der Waals surface area contributed by atoms with Gasteiger partial charge in [-0.25, -0.2) is 4.79 Å². The van der Waals surface area contributed by atoms with E-state index in [0.29, 0.717) is 11.5 Å². The zero-order valence-corrected chi connectivity index (χ0v) is 20.0. The lowest BCUT2D eigenvalue weighted by molar-refractivity contribution is -0.119. The Balaban J connectivity index is 1.41. The van der Waals surface area contributed by atoms with Gasteiger partial charge in [-0.1, -0.05) is 60.7 Å². The first-order valence-electron chi connectivity index (χ1n) is 12.0. The van der Waals surface area contributed by atoms with Gasteiger partial charge < -0.3 is 10.1 Å². The second-order valence-corrected chi connectivity index (χ2v) is 9.15. The summed E-state index contributed by atoms with van der Waals surface area (Å²) in [5, 5.41) is 3.62. The molecule has 1 aliphatic rings. The summed E-state index contributed by atoms with van der Waals surface area (Å²) in [4.78, 5) is 30.9. The van der Waals surface area contributed by atoms with Crippen molar-refractivity contribution >= 4 is 28.5 Å². The molecule has 0 radical (unpaired) electrons. The molecule has 0 aliphatic heterocycles. The number of fused-ring (bicyclic) bond motifs is 2. The number of esters is 1. The maximum atomic E-state index is 13.4. The molecule has 0 spiro atoms. The van der Waals surface area contributed by atoms with Crippen molar-refractivity contribution in [2.75, 3.05) is 11.9 Å². The number of carbonyl (C=O) groups is 2. The fourth-order valence-corrected chi connectivity index (χ4v) is 4.91. The first-order valence-corrected chi connectivity index (χ1v) is 12.0. The summed E-state index contributed by atoms with van der Waals surface area (Å²) in [5.41, 5.74) is 7.26. The minimum atomic E-state index is -0.482. The summed E-state index contributed by atoms with van der Waals surface area (Å²) in [7, 11) is 0. The molecular formula is C30H28N2O3. The van der Waals surface area contributed by atoms with E-state index >= 15 is 0 Å². The van der Waals surface area contributed by atoms with Gasteiger partial charge in [-0.3, -0.25) is 9.78 Å². The number of anilines is 1. The highest BCUT2D eigenvalue weighted by Gasteiger charge is 2.28. The smallest absolute Gasteiger partial charge is 0.339 e. The van der Waals surface area contributed by atoms with Crippen LogP contribution in [-0.2, 0) is 22.4 Å². The number of carbonyl (C=O) groups excluding carboxylic acids is 2. The van der Waals surface area contributed by atoms with Gasteiger partial charge in [0, 0.05) is 16.8 Å². The predicted molar refractivity (Wildman–Crippen MR) is 138 cm³/mol. The van der Waals surface area contributed by atoms with E-state index in [1.165, 1.54) is 5.56 Å². The molecule has 5 rings (SSSR count). The average Bonchev–Trinajstić information content (AvgIpc) is 2.88. The Morgan fingerprint density at radius 1 is 0.971 bits per heavy atom. The number of benzene rings is 3. The highest BCUT2D eigenvalue weighted by molar-refractivity contribution is 6.06. The van der Waals surface area contributed by atoms with E-state index in [9.17, 15) is 9.59 Å². The van der Waals surface area contributed by atoms with Crippen LogP contribution in [0.2, 0.25) is 0 Å². The molecule has 5 heteroatoms. The standard InChI is InChI=1S/C30H28N2O3/c1-19-9-8-14-25(20(19)2)32-28(33)18-35-30(34)29-23-12-6-7-13-26(23)31-27-16-15-22(17-24(27)29)21-10-4-3-5-11-21/h3-14,22H,15-18H2,1-2H3,(H,32,33). The lowest BCUT2D eigenvalue weighted by atomic mass is 9.80. The molecule has 0 saturated carbocycles. The lowest BCUT2D eigenvalue weighted by Gasteiger charge is -2.27. The van der Waals surface area contributed by atoms with Crippen molar-refractivity contribution in [2.24, 2.45) is 0 Å². The lowest BCUT2D eigenvalue weighted by Crippen LogP contribution is -2.24. The first-order chi connectivity index (χ1) is 17.0. The van der Waals surface area contributed by atoms with Crippen LogP contribution < -0.4 is 5.32 Å². The van der Waals surface area contributed by atoms with Gasteiger partial charge in [0.15, 0.2) is 6.61 Å². The maximum absolute atomic E-state index is 13.4. The van der Waals surface area contributed by atoms with E-state index in [1.807, 2.05) is 74.5 Å². The second kappa shape index (κ2) is 9.71. The summed E-state index contributed by atoms with van der Waals surface area (Å²) < 4.78 is 5.57. The largest absolute Gasteiger partial charge is 0.452 e. The number of hydrogen-bond donors (Lipinski definition) is 1. The molecule has 176 valence electrons. The number of nitrogens with one attached hydrogen (secondary N) is 1. The molecule has 0 saturated heterocycles. The molecule has 1 atom stereocenters. The van der Waals surface area contributed by atoms with Gasteiger partial charge in [-0.2, -0.15) is 0 Å². The molecule has 3 aromatic carbocycles. The molecule has 1 amide bonds. The number of rotatable bonds is 5. The molecule has 5 nitrogen and oxygen atoms in total. The number of amides is 1. The Morgan fingerprint density at radius 3 is 2.57 bits per heavy atom. The topological polar surface area (TPSA) is 68.3 Å². The van der Waals surface area contributed by atoms with Crippen molar-refractivity contribution in [1.82, 2.24) is 4.98 Å². The first kappa shape index (κ1) is 22.8. The third kappa shape index (κ3) is 4.67. The summed E-state index contributed by atoms with van der Waals surface area (Å²) in [6.07, 6.45) is 2.50. The third-order valence-corrected chi connectivity index (χ3v) is 6.95. The number of aromatic nitrogens is 1. The van der Waals surface area contributed by atoms with Crippen LogP contribution in [0.4, 0.5) is 5.69 Å². The van der Waals surface area contributed by atoms with E-state index in [0.717, 1.165) is 58.2 Å². The zero-order chi connectivity index (χ0) is 24.4. The van der Waals surface area contributed by atoms with Gasteiger partial charge in [0.25, 0.3) is 5.91 Å². The van der Waals surface area contributed by atoms with Crippen molar-refractivity contribution in [3.05, 3.63) is 106 Å². The third-order valence-electron chi connectivity index (χ3n) is 6.95. The van der Waals surface area contributed by atoms with E-state index in [-0.39, 0.29) is 12.5 Å². The van der Waals surface area contributed by atoms with E-state index in [1.54, 1.807) is 0 Å². The molecule has 0 fully saturated rings. The van der Waals surface area contributed by atoms with Crippen molar-refractivity contribution in [3.8, 4) is 0 Å². The minimum absolute atomic E-state index is 0.311. The summed E-state index contributed by atoms with van der Waals surface area (Å²) >= 11 is 0.